The highest BCUT2D eigenvalue weighted by molar-refractivity contribution is 5.57. The van der Waals surface area contributed by atoms with Crippen LogP contribution in [0.4, 0.5) is 11.6 Å². The van der Waals surface area contributed by atoms with Gasteiger partial charge in [0.2, 0.25) is 0 Å². The first-order valence-corrected chi connectivity index (χ1v) is 6.92. The van der Waals surface area contributed by atoms with Crippen molar-refractivity contribution in [1.29, 1.82) is 0 Å². The van der Waals surface area contributed by atoms with Gasteiger partial charge in [-0.3, -0.25) is 0 Å². The lowest BCUT2D eigenvalue weighted by Crippen LogP contribution is -2.32. The molecule has 1 fully saturated rings. The fourth-order valence-corrected chi connectivity index (χ4v) is 2.19. The van der Waals surface area contributed by atoms with E-state index in [9.17, 15) is 0 Å². The van der Waals surface area contributed by atoms with Crippen LogP contribution in [0.25, 0.3) is 0 Å². The number of hydrogen-bond donors (Lipinski definition) is 1. The van der Waals surface area contributed by atoms with E-state index in [4.69, 9.17) is 10.7 Å². The summed E-state index contributed by atoms with van der Waals surface area (Å²) >= 11 is 0. The zero-order chi connectivity index (χ0) is 13.3. The molecule has 100 valence electrons. The number of aromatic nitrogens is 2. The molecule has 0 atom stereocenters. The molecule has 0 unspecified atom stereocenters. The van der Waals surface area contributed by atoms with Gasteiger partial charge in [0.15, 0.2) is 0 Å². The van der Waals surface area contributed by atoms with E-state index >= 15 is 0 Å². The van der Waals surface area contributed by atoms with Crippen molar-refractivity contribution in [3.8, 4) is 0 Å². The van der Waals surface area contributed by atoms with Crippen LogP contribution in [0.1, 0.15) is 45.0 Å². The minimum atomic E-state index is 0.631. The Morgan fingerprint density at radius 2 is 2.00 bits per heavy atom. The third kappa shape index (κ3) is 2.74. The zero-order valence-corrected chi connectivity index (χ0v) is 11.9. The highest BCUT2D eigenvalue weighted by atomic mass is 15.2. The summed E-state index contributed by atoms with van der Waals surface area (Å²) in [6.45, 7) is 9.63. The summed E-state index contributed by atoms with van der Waals surface area (Å²) < 4.78 is 0. The second-order valence-electron chi connectivity index (χ2n) is 5.60. The maximum absolute atomic E-state index is 6.01. The van der Waals surface area contributed by atoms with Gasteiger partial charge in [0.05, 0.1) is 0 Å². The van der Waals surface area contributed by atoms with Crippen molar-refractivity contribution >= 4 is 11.6 Å². The van der Waals surface area contributed by atoms with E-state index in [1.165, 1.54) is 12.8 Å². The molecule has 0 aromatic carbocycles. The highest BCUT2D eigenvalue weighted by Gasteiger charge is 2.31. The van der Waals surface area contributed by atoms with Crippen molar-refractivity contribution in [1.82, 2.24) is 9.97 Å². The first-order valence-electron chi connectivity index (χ1n) is 6.92. The van der Waals surface area contributed by atoms with Gasteiger partial charge in [-0.25, -0.2) is 9.97 Å². The van der Waals surface area contributed by atoms with Gasteiger partial charge in [-0.15, -0.1) is 0 Å². The SMILES string of the molecule is CCc1nc(N)c(C)c(N(CC(C)C)C2CC2)n1. The number of aryl methyl sites for hydroxylation is 1. The lowest BCUT2D eigenvalue weighted by Gasteiger charge is -2.27. The van der Waals surface area contributed by atoms with Crippen molar-refractivity contribution in [2.24, 2.45) is 5.92 Å². The molecule has 0 spiro atoms. The van der Waals surface area contributed by atoms with Gasteiger partial charge < -0.3 is 10.6 Å². The lowest BCUT2D eigenvalue weighted by molar-refractivity contribution is 0.600. The standard InChI is InChI=1S/C14H24N4/c1-5-12-16-13(15)10(4)14(17-12)18(8-9(2)3)11-6-7-11/h9,11H,5-8H2,1-4H3,(H2,15,16,17). The van der Waals surface area contributed by atoms with Crippen molar-refractivity contribution in [3.63, 3.8) is 0 Å². The van der Waals surface area contributed by atoms with Gasteiger partial charge in [-0.05, 0) is 25.7 Å². The summed E-state index contributed by atoms with van der Waals surface area (Å²) in [5.74, 6) is 3.16. The normalized spacial score (nSPS) is 15.2. The maximum atomic E-state index is 6.01. The molecule has 1 aliphatic rings. The third-order valence-corrected chi connectivity index (χ3v) is 3.34. The molecule has 4 heteroatoms. The quantitative estimate of drug-likeness (QED) is 0.870. The molecular weight excluding hydrogens is 224 g/mol. The predicted octanol–water partition coefficient (Wildman–Crippen LogP) is 2.55. The Morgan fingerprint density at radius 1 is 1.33 bits per heavy atom. The van der Waals surface area contributed by atoms with Gasteiger partial charge in [0.25, 0.3) is 0 Å². The Balaban J connectivity index is 2.36. The van der Waals surface area contributed by atoms with Crippen molar-refractivity contribution in [3.05, 3.63) is 11.4 Å². The minimum absolute atomic E-state index is 0.631. The molecule has 1 aromatic heterocycles. The Hall–Kier alpha value is -1.32. The second-order valence-corrected chi connectivity index (χ2v) is 5.60. The summed E-state index contributed by atoms with van der Waals surface area (Å²) in [4.78, 5) is 11.5. The number of nitrogen functional groups attached to an aromatic ring is 1. The summed E-state index contributed by atoms with van der Waals surface area (Å²) in [7, 11) is 0. The van der Waals surface area contributed by atoms with E-state index in [1.54, 1.807) is 0 Å². The van der Waals surface area contributed by atoms with Crippen LogP contribution in [0.15, 0.2) is 0 Å². The van der Waals surface area contributed by atoms with Crippen molar-refractivity contribution in [2.45, 2.75) is 53.0 Å². The molecule has 1 aliphatic carbocycles. The third-order valence-electron chi connectivity index (χ3n) is 3.34. The van der Waals surface area contributed by atoms with E-state index in [-0.39, 0.29) is 0 Å². The molecule has 1 saturated carbocycles. The fraction of sp³-hybridized carbons (Fsp3) is 0.714. The average molecular weight is 248 g/mol. The van der Waals surface area contributed by atoms with Gasteiger partial charge in [-0.2, -0.15) is 0 Å². The van der Waals surface area contributed by atoms with E-state index in [2.05, 4.69) is 30.7 Å². The molecule has 1 aromatic rings. The number of nitrogens with zero attached hydrogens (tertiary/aromatic N) is 3. The number of nitrogens with two attached hydrogens (primary N) is 1. The van der Waals surface area contributed by atoms with Crippen molar-refractivity contribution in [2.75, 3.05) is 17.2 Å². The highest BCUT2D eigenvalue weighted by Crippen LogP contribution is 2.34. The molecule has 0 aliphatic heterocycles. The topological polar surface area (TPSA) is 55.0 Å². The molecule has 0 bridgehead atoms. The first-order chi connectivity index (χ1) is 8.52. The largest absolute Gasteiger partial charge is 0.383 e. The minimum Gasteiger partial charge on any atom is -0.383 e. The molecule has 0 amide bonds. The molecule has 2 N–H and O–H groups in total. The molecule has 0 saturated heterocycles. The Bertz CT molecular complexity index is 424. The first kappa shape index (κ1) is 13.1. The van der Waals surface area contributed by atoms with Crippen molar-refractivity contribution < 1.29 is 0 Å². The van der Waals surface area contributed by atoms with Gasteiger partial charge in [0, 0.05) is 24.6 Å². The van der Waals surface area contributed by atoms with E-state index in [0.717, 1.165) is 30.2 Å². The van der Waals surface area contributed by atoms with Crippen LogP contribution in [0.2, 0.25) is 0 Å². The Morgan fingerprint density at radius 3 is 2.50 bits per heavy atom. The maximum Gasteiger partial charge on any atom is 0.137 e. The average Bonchev–Trinajstić information content (AvgIpc) is 3.13. The molecule has 4 nitrogen and oxygen atoms in total. The molecular formula is C14H24N4. The molecule has 0 radical (unpaired) electrons. The van der Waals surface area contributed by atoms with E-state index in [1.807, 2.05) is 6.92 Å². The van der Waals surface area contributed by atoms with Crippen LogP contribution in [-0.2, 0) is 6.42 Å². The summed E-state index contributed by atoms with van der Waals surface area (Å²) in [5.41, 5.74) is 7.04. The molecule has 2 rings (SSSR count). The van der Waals surface area contributed by atoms with Gasteiger partial charge >= 0.3 is 0 Å². The fourth-order valence-electron chi connectivity index (χ4n) is 2.19. The van der Waals surface area contributed by atoms with E-state index in [0.29, 0.717) is 17.8 Å². The van der Waals surface area contributed by atoms with Crippen LogP contribution in [0.5, 0.6) is 0 Å². The van der Waals surface area contributed by atoms with Crippen LogP contribution >= 0.6 is 0 Å². The molecule has 1 heterocycles. The number of rotatable bonds is 5. The predicted molar refractivity (Wildman–Crippen MR) is 75.8 cm³/mol. The Kier molecular flexibility index (Phi) is 3.73. The summed E-state index contributed by atoms with van der Waals surface area (Å²) in [6, 6.07) is 0.658. The Labute approximate surface area is 110 Å². The van der Waals surface area contributed by atoms with Crippen LogP contribution in [0.3, 0.4) is 0 Å². The van der Waals surface area contributed by atoms with E-state index < -0.39 is 0 Å². The number of anilines is 2. The monoisotopic (exact) mass is 248 g/mol. The smallest absolute Gasteiger partial charge is 0.137 e. The van der Waals surface area contributed by atoms with Crippen LogP contribution in [-0.4, -0.2) is 22.6 Å². The number of hydrogen-bond acceptors (Lipinski definition) is 4. The van der Waals surface area contributed by atoms with Gasteiger partial charge in [0.1, 0.15) is 17.5 Å². The zero-order valence-electron chi connectivity index (χ0n) is 11.9. The molecule has 18 heavy (non-hydrogen) atoms. The second kappa shape index (κ2) is 5.12. The summed E-state index contributed by atoms with van der Waals surface area (Å²) in [6.07, 6.45) is 3.38. The lowest BCUT2D eigenvalue weighted by atomic mass is 10.2. The summed E-state index contributed by atoms with van der Waals surface area (Å²) in [5, 5.41) is 0. The van der Waals surface area contributed by atoms with Gasteiger partial charge in [-0.1, -0.05) is 20.8 Å². The van der Waals surface area contributed by atoms with Crippen LogP contribution in [0, 0.1) is 12.8 Å². The van der Waals surface area contributed by atoms with Crippen LogP contribution < -0.4 is 10.6 Å².